The summed E-state index contributed by atoms with van der Waals surface area (Å²) >= 11 is 3.32. The van der Waals surface area contributed by atoms with Crippen molar-refractivity contribution in [2.24, 2.45) is 0 Å². The van der Waals surface area contributed by atoms with Crippen molar-refractivity contribution in [3.8, 4) is 0 Å². The molecule has 0 spiro atoms. The first-order chi connectivity index (χ1) is 9.53. The van der Waals surface area contributed by atoms with Crippen molar-refractivity contribution < 1.29 is 8.42 Å². The van der Waals surface area contributed by atoms with Crippen molar-refractivity contribution in [1.29, 1.82) is 0 Å². The average molecular weight is 355 g/mol. The number of sulfonamides is 1. The van der Waals surface area contributed by atoms with E-state index < -0.39 is 10.0 Å². The molecule has 0 bridgehead atoms. The van der Waals surface area contributed by atoms with Crippen LogP contribution in [0.5, 0.6) is 0 Å². The summed E-state index contributed by atoms with van der Waals surface area (Å²) in [5.74, 6) is 0. The van der Waals surface area contributed by atoms with Crippen LogP contribution < -0.4 is 10.0 Å². The molecule has 0 aliphatic rings. The molecule has 0 aliphatic heterocycles. The summed E-state index contributed by atoms with van der Waals surface area (Å²) in [6.07, 6.45) is 0. The zero-order chi connectivity index (χ0) is 14.6. The van der Waals surface area contributed by atoms with Crippen LogP contribution in [-0.4, -0.2) is 15.0 Å². The molecular formula is C14H15BrN2O2S. The number of benzene rings is 2. The Labute approximate surface area is 127 Å². The van der Waals surface area contributed by atoms with E-state index in [1.807, 2.05) is 13.0 Å². The molecule has 0 saturated carbocycles. The minimum absolute atomic E-state index is 0.231. The van der Waals surface area contributed by atoms with Gasteiger partial charge >= 0.3 is 0 Å². The molecule has 2 aromatic carbocycles. The maximum Gasteiger partial charge on any atom is 0.261 e. The zero-order valence-electron chi connectivity index (χ0n) is 10.9. The molecule has 2 aromatic rings. The summed E-state index contributed by atoms with van der Waals surface area (Å²) in [4.78, 5) is 0.231. The van der Waals surface area contributed by atoms with Gasteiger partial charge in [0.15, 0.2) is 0 Å². The first-order valence-corrected chi connectivity index (χ1v) is 8.42. The number of halogens is 1. The molecule has 20 heavy (non-hydrogen) atoms. The molecule has 0 atom stereocenters. The number of anilines is 2. The Morgan fingerprint density at radius 1 is 1.05 bits per heavy atom. The Balaban J connectivity index is 2.24. The second kappa shape index (κ2) is 6.28. The van der Waals surface area contributed by atoms with E-state index in [0.717, 1.165) is 12.2 Å². The standard InChI is InChI=1S/C14H15BrN2O2S/c1-2-16-11-7-9-12(10-8-11)20(18,19)17-14-6-4-3-5-13(14)15/h3-10,16-17H,2H2,1H3. The van der Waals surface area contributed by atoms with Gasteiger partial charge in [0.1, 0.15) is 0 Å². The normalized spacial score (nSPS) is 11.1. The molecule has 0 aromatic heterocycles. The van der Waals surface area contributed by atoms with E-state index >= 15 is 0 Å². The third-order valence-electron chi connectivity index (χ3n) is 2.66. The Morgan fingerprint density at radius 2 is 1.70 bits per heavy atom. The van der Waals surface area contributed by atoms with Crippen LogP contribution in [0.4, 0.5) is 11.4 Å². The fraction of sp³-hybridized carbons (Fsp3) is 0.143. The highest BCUT2D eigenvalue weighted by Crippen LogP contribution is 2.24. The van der Waals surface area contributed by atoms with Gasteiger partial charge < -0.3 is 5.32 Å². The summed E-state index contributed by atoms with van der Waals surface area (Å²) in [6.45, 7) is 2.78. The molecule has 0 amide bonds. The smallest absolute Gasteiger partial charge is 0.261 e. The molecule has 0 radical (unpaired) electrons. The van der Waals surface area contributed by atoms with Crippen LogP contribution in [0, 0.1) is 0 Å². The lowest BCUT2D eigenvalue weighted by Gasteiger charge is -2.10. The quantitative estimate of drug-likeness (QED) is 0.860. The minimum atomic E-state index is -3.58. The molecular weight excluding hydrogens is 340 g/mol. The first-order valence-electron chi connectivity index (χ1n) is 6.14. The highest BCUT2D eigenvalue weighted by molar-refractivity contribution is 9.10. The van der Waals surface area contributed by atoms with Gasteiger partial charge in [-0.1, -0.05) is 12.1 Å². The van der Waals surface area contributed by atoms with Crippen LogP contribution in [0.15, 0.2) is 57.9 Å². The van der Waals surface area contributed by atoms with Gasteiger partial charge in [0.2, 0.25) is 0 Å². The van der Waals surface area contributed by atoms with Crippen molar-refractivity contribution >= 4 is 37.3 Å². The Hall–Kier alpha value is -1.53. The van der Waals surface area contributed by atoms with Gasteiger partial charge in [0, 0.05) is 16.7 Å². The zero-order valence-corrected chi connectivity index (χ0v) is 13.3. The fourth-order valence-electron chi connectivity index (χ4n) is 1.70. The van der Waals surface area contributed by atoms with Crippen molar-refractivity contribution in [1.82, 2.24) is 0 Å². The van der Waals surface area contributed by atoms with Gasteiger partial charge in [-0.3, -0.25) is 4.72 Å². The number of hydrogen-bond acceptors (Lipinski definition) is 3. The lowest BCUT2D eigenvalue weighted by molar-refractivity contribution is 0.601. The second-order valence-corrected chi connectivity index (χ2v) is 6.68. The first kappa shape index (κ1) is 14.9. The van der Waals surface area contributed by atoms with Crippen molar-refractivity contribution in [3.63, 3.8) is 0 Å². The van der Waals surface area contributed by atoms with Crippen molar-refractivity contribution in [2.45, 2.75) is 11.8 Å². The Morgan fingerprint density at radius 3 is 2.30 bits per heavy atom. The molecule has 0 heterocycles. The summed E-state index contributed by atoms with van der Waals surface area (Å²) < 4.78 is 27.8. The van der Waals surface area contributed by atoms with Crippen LogP contribution in [0.2, 0.25) is 0 Å². The topological polar surface area (TPSA) is 58.2 Å². The predicted octanol–water partition coefficient (Wildman–Crippen LogP) is 3.68. The second-order valence-electron chi connectivity index (χ2n) is 4.14. The van der Waals surface area contributed by atoms with Crippen LogP contribution in [0.25, 0.3) is 0 Å². The van der Waals surface area contributed by atoms with Gasteiger partial charge in [-0.05, 0) is 59.3 Å². The molecule has 0 fully saturated rings. The van der Waals surface area contributed by atoms with Gasteiger partial charge in [0.05, 0.1) is 10.6 Å². The van der Waals surface area contributed by atoms with Crippen molar-refractivity contribution in [3.05, 3.63) is 53.0 Å². The number of hydrogen-bond donors (Lipinski definition) is 2. The summed E-state index contributed by atoms with van der Waals surface area (Å²) in [5.41, 5.74) is 1.41. The third kappa shape index (κ3) is 3.52. The third-order valence-corrected chi connectivity index (χ3v) is 4.74. The summed E-state index contributed by atoms with van der Waals surface area (Å²) in [6, 6.07) is 13.7. The molecule has 2 rings (SSSR count). The van der Waals surface area contributed by atoms with Crippen LogP contribution in [0.1, 0.15) is 6.92 Å². The van der Waals surface area contributed by atoms with Gasteiger partial charge in [-0.25, -0.2) is 8.42 Å². The van der Waals surface area contributed by atoms with E-state index in [4.69, 9.17) is 0 Å². The largest absolute Gasteiger partial charge is 0.385 e. The molecule has 106 valence electrons. The van der Waals surface area contributed by atoms with Gasteiger partial charge in [-0.2, -0.15) is 0 Å². The predicted molar refractivity (Wildman–Crippen MR) is 85.6 cm³/mol. The number of nitrogens with one attached hydrogen (secondary N) is 2. The molecule has 4 nitrogen and oxygen atoms in total. The van der Waals surface area contributed by atoms with Gasteiger partial charge in [-0.15, -0.1) is 0 Å². The molecule has 2 N–H and O–H groups in total. The van der Waals surface area contributed by atoms with E-state index in [2.05, 4.69) is 26.0 Å². The van der Waals surface area contributed by atoms with Crippen molar-refractivity contribution in [2.75, 3.05) is 16.6 Å². The molecule has 0 aliphatic carbocycles. The fourth-order valence-corrected chi connectivity index (χ4v) is 3.30. The lowest BCUT2D eigenvalue weighted by atomic mass is 10.3. The SMILES string of the molecule is CCNc1ccc(S(=O)(=O)Nc2ccccc2Br)cc1. The van der Waals surface area contributed by atoms with Crippen LogP contribution >= 0.6 is 15.9 Å². The molecule has 0 saturated heterocycles. The molecule has 0 unspecified atom stereocenters. The highest BCUT2D eigenvalue weighted by atomic mass is 79.9. The molecule has 6 heteroatoms. The van der Waals surface area contributed by atoms with Crippen LogP contribution in [-0.2, 0) is 10.0 Å². The van der Waals surface area contributed by atoms with E-state index in [-0.39, 0.29) is 4.90 Å². The lowest BCUT2D eigenvalue weighted by Crippen LogP contribution is -2.13. The maximum absolute atomic E-state index is 12.3. The number of para-hydroxylation sites is 1. The summed E-state index contributed by atoms with van der Waals surface area (Å²) in [7, 11) is -3.58. The Kier molecular flexibility index (Phi) is 4.67. The van der Waals surface area contributed by atoms with E-state index in [0.29, 0.717) is 10.2 Å². The van der Waals surface area contributed by atoms with E-state index in [9.17, 15) is 8.42 Å². The van der Waals surface area contributed by atoms with Crippen LogP contribution in [0.3, 0.4) is 0 Å². The monoisotopic (exact) mass is 354 g/mol. The minimum Gasteiger partial charge on any atom is -0.385 e. The van der Waals surface area contributed by atoms with E-state index in [1.54, 1.807) is 42.5 Å². The highest BCUT2D eigenvalue weighted by Gasteiger charge is 2.15. The Bertz CT molecular complexity index is 685. The summed E-state index contributed by atoms with van der Waals surface area (Å²) in [5, 5.41) is 3.12. The van der Waals surface area contributed by atoms with Gasteiger partial charge in [0.25, 0.3) is 10.0 Å². The average Bonchev–Trinajstić information content (AvgIpc) is 2.42. The van der Waals surface area contributed by atoms with E-state index in [1.165, 1.54) is 0 Å². The maximum atomic E-state index is 12.3. The number of rotatable bonds is 5.